The zero-order valence-electron chi connectivity index (χ0n) is 9.16. The lowest BCUT2D eigenvalue weighted by atomic mass is 10.2. The second-order valence-electron chi connectivity index (χ2n) is 3.65. The van der Waals surface area contributed by atoms with Gasteiger partial charge in [-0.05, 0) is 26.0 Å². The molecule has 2 rings (SSSR count). The van der Waals surface area contributed by atoms with E-state index in [1.807, 2.05) is 38.1 Å². The van der Waals surface area contributed by atoms with Crippen molar-refractivity contribution in [2.45, 2.75) is 13.8 Å². The zero-order valence-corrected chi connectivity index (χ0v) is 10.7. The fourth-order valence-electron chi connectivity index (χ4n) is 1.41. The van der Waals surface area contributed by atoms with Crippen LogP contribution >= 0.6 is 15.9 Å². The Bertz CT molecular complexity index is 515. The van der Waals surface area contributed by atoms with Gasteiger partial charge in [0.15, 0.2) is 5.82 Å². The topological polar surface area (TPSA) is 51.8 Å². The Kier molecular flexibility index (Phi) is 2.92. The van der Waals surface area contributed by atoms with Crippen molar-refractivity contribution in [2.75, 3.05) is 5.73 Å². The van der Waals surface area contributed by atoms with Gasteiger partial charge in [-0.15, -0.1) is 0 Å². The third-order valence-electron chi connectivity index (χ3n) is 2.51. The number of hydrogen-bond acceptors (Lipinski definition) is 3. The second-order valence-corrected chi connectivity index (χ2v) is 4.57. The van der Waals surface area contributed by atoms with Gasteiger partial charge in [0.2, 0.25) is 0 Å². The zero-order chi connectivity index (χ0) is 11.7. The number of rotatable bonds is 1. The SMILES string of the molecule is Cc1nc(-c2cccc(Br)c2)nc(N)c1C. The van der Waals surface area contributed by atoms with E-state index in [1.165, 1.54) is 0 Å². The fourth-order valence-corrected chi connectivity index (χ4v) is 1.81. The Hall–Kier alpha value is -1.42. The van der Waals surface area contributed by atoms with Crippen molar-refractivity contribution in [1.82, 2.24) is 9.97 Å². The van der Waals surface area contributed by atoms with Crippen molar-refractivity contribution in [3.8, 4) is 11.4 Å². The molecule has 0 aliphatic rings. The van der Waals surface area contributed by atoms with E-state index in [4.69, 9.17) is 5.73 Å². The van der Waals surface area contributed by atoms with Gasteiger partial charge in [0, 0.05) is 21.3 Å². The summed E-state index contributed by atoms with van der Waals surface area (Å²) in [4.78, 5) is 8.72. The van der Waals surface area contributed by atoms with E-state index >= 15 is 0 Å². The van der Waals surface area contributed by atoms with E-state index in [9.17, 15) is 0 Å². The van der Waals surface area contributed by atoms with Crippen molar-refractivity contribution in [3.05, 3.63) is 40.0 Å². The molecule has 2 N–H and O–H groups in total. The van der Waals surface area contributed by atoms with Gasteiger partial charge >= 0.3 is 0 Å². The molecule has 0 atom stereocenters. The Labute approximate surface area is 103 Å². The first-order chi connectivity index (χ1) is 7.58. The number of nitrogens with two attached hydrogens (primary N) is 1. The summed E-state index contributed by atoms with van der Waals surface area (Å²) in [6.07, 6.45) is 0. The molecule has 0 bridgehead atoms. The quantitative estimate of drug-likeness (QED) is 0.872. The fraction of sp³-hybridized carbons (Fsp3) is 0.167. The molecule has 2 aromatic rings. The average Bonchev–Trinajstić information content (AvgIpc) is 2.25. The molecule has 0 radical (unpaired) electrons. The highest BCUT2D eigenvalue weighted by molar-refractivity contribution is 9.10. The molecule has 82 valence electrons. The summed E-state index contributed by atoms with van der Waals surface area (Å²) < 4.78 is 1.00. The number of aryl methyl sites for hydroxylation is 1. The van der Waals surface area contributed by atoms with Crippen molar-refractivity contribution < 1.29 is 0 Å². The van der Waals surface area contributed by atoms with Crippen LogP contribution in [0.25, 0.3) is 11.4 Å². The third-order valence-corrected chi connectivity index (χ3v) is 3.00. The predicted octanol–water partition coefficient (Wildman–Crippen LogP) is 3.11. The lowest BCUT2D eigenvalue weighted by molar-refractivity contribution is 1.08. The molecule has 0 aliphatic carbocycles. The number of anilines is 1. The highest BCUT2D eigenvalue weighted by atomic mass is 79.9. The van der Waals surface area contributed by atoms with E-state index in [2.05, 4.69) is 25.9 Å². The first-order valence-electron chi connectivity index (χ1n) is 4.94. The van der Waals surface area contributed by atoms with E-state index in [-0.39, 0.29) is 0 Å². The first kappa shape index (κ1) is 11.1. The molecule has 0 saturated carbocycles. The van der Waals surface area contributed by atoms with Gasteiger partial charge in [-0.25, -0.2) is 9.97 Å². The molecule has 3 nitrogen and oxygen atoms in total. The maximum absolute atomic E-state index is 5.83. The standard InChI is InChI=1S/C12H12BrN3/c1-7-8(2)15-12(16-11(7)14)9-4-3-5-10(13)6-9/h3-6H,1-2H3,(H2,14,15,16). The molecule has 0 fully saturated rings. The molecular weight excluding hydrogens is 266 g/mol. The predicted molar refractivity (Wildman–Crippen MR) is 69.1 cm³/mol. The summed E-state index contributed by atoms with van der Waals surface area (Å²) in [5, 5.41) is 0. The molecule has 1 heterocycles. The van der Waals surface area contributed by atoms with Gasteiger partial charge in [-0.1, -0.05) is 28.1 Å². The van der Waals surface area contributed by atoms with Crippen LogP contribution in [-0.4, -0.2) is 9.97 Å². The maximum atomic E-state index is 5.83. The van der Waals surface area contributed by atoms with E-state index in [1.54, 1.807) is 0 Å². The Morgan fingerprint density at radius 3 is 2.56 bits per heavy atom. The molecule has 0 spiro atoms. The van der Waals surface area contributed by atoms with Crippen LogP contribution in [0.15, 0.2) is 28.7 Å². The summed E-state index contributed by atoms with van der Waals surface area (Å²) in [5.41, 5.74) is 8.66. The van der Waals surface area contributed by atoms with E-state index < -0.39 is 0 Å². The van der Waals surface area contributed by atoms with Gasteiger partial charge in [-0.2, -0.15) is 0 Å². The van der Waals surface area contributed by atoms with Crippen LogP contribution in [0.3, 0.4) is 0 Å². The van der Waals surface area contributed by atoms with Gasteiger partial charge < -0.3 is 5.73 Å². The maximum Gasteiger partial charge on any atom is 0.161 e. The van der Waals surface area contributed by atoms with Gasteiger partial charge in [0.05, 0.1) is 0 Å². The third kappa shape index (κ3) is 2.07. The molecular formula is C12H12BrN3. The minimum Gasteiger partial charge on any atom is -0.383 e. The molecule has 4 heteroatoms. The summed E-state index contributed by atoms with van der Waals surface area (Å²) in [7, 11) is 0. The highest BCUT2D eigenvalue weighted by Crippen LogP contribution is 2.22. The van der Waals surface area contributed by atoms with Crippen LogP contribution in [0.1, 0.15) is 11.3 Å². The lowest BCUT2D eigenvalue weighted by Gasteiger charge is -2.07. The highest BCUT2D eigenvalue weighted by Gasteiger charge is 2.07. The Morgan fingerprint density at radius 1 is 1.19 bits per heavy atom. The van der Waals surface area contributed by atoms with Crippen LogP contribution in [0.4, 0.5) is 5.82 Å². The summed E-state index contributed by atoms with van der Waals surface area (Å²) in [6, 6.07) is 7.86. The first-order valence-corrected chi connectivity index (χ1v) is 5.74. The van der Waals surface area contributed by atoms with Crippen molar-refractivity contribution in [3.63, 3.8) is 0 Å². The monoisotopic (exact) mass is 277 g/mol. The Morgan fingerprint density at radius 2 is 1.94 bits per heavy atom. The van der Waals surface area contributed by atoms with E-state index in [0.29, 0.717) is 11.6 Å². The molecule has 1 aromatic carbocycles. The van der Waals surface area contributed by atoms with Crippen LogP contribution in [0, 0.1) is 13.8 Å². The number of nitrogens with zero attached hydrogens (tertiary/aromatic N) is 2. The average molecular weight is 278 g/mol. The molecule has 1 aromatic heterocycles. The smallest absolute Gasteiger partial charge is 0.161 e. The van der Waals surface area contributed by atoms with Crippen LogP contribution in [0.2, 0.25) is 0 Å². The summed E-state index contributed by atoms with van der Waals surface area (Å²) in [6.45, 7) is 3.87. The van der Waals surface area contributed by atoms with Crippen molar-refractivity contribution in [1.29, 1.82) is 0 Å². The van der Waals surface area contributed by atoms with Gasteiger partial charge in [0.25, 0.3) is 0 Å². The number of halogens is 1. The van der Waals surface area contributed by atoms with Gasteiger partial charge in [-0.3, -0.25) is 0 Å². The number of benzene rings is 1. The van der Waals surface area contributed by atoms with E-state index in [0.717, 1.165) is 21.3 Å². The van der Waals surface area contributed by atoms with Gasteiger partial charge in [0.1, 0.15) is 5.82 Å². The van der Waals surface area contributed by atoms with Crippen LogP contribution in [0.5, 0.6) is 0 Å². The molecule has 0 amide bonds. The lowest BCUT2D eigenvalue weighted by Crippen LogP contribution is -2.01. The molecule has 0 saturated heterocycles. The number of hydrogen-bond donors (Lipinski definition) is 1. The minimum absolute atomic E-state index is 0.544. The Balaban J connectivity index is 2.57. The molecule has 16 heavy (non-hydrogen) atoms. The molecule has 0 unspecified atom stereocenters. The molecule has 0 aliphatic heterocycles. The summed E-state index contributed by atoms with van der Waals surface area (Å²) >= 11 is 3.42. The van der Waals surface area contributed by atoms with Crippen LogP contribution < -0.4 is 5.73 Å². The summed E-state index contributed by atoms with van der Waals surface area (Å²) in [5.74, 6) is 1.21. The van der Waals surface area contributed by atoms with Crippen molar-refractivity contribution >= 4 is 21.7 Å². The minimum atomic E-state index is 0.544. The number of aromatic nitrogens is 2. The number of nitrogen functional groups attached to an aromatic ring is 1. The largest absolute Gasteiger partial charge is 0.383 e. The second kappa shape index (κ2) is 4.22. The van der Waals surface area contributed by atoms with Crippen molar-refractivity contribution in [2.24, 2.45) is 0 Å². The normalized spacial score (nSPS) is 10.4. The van der Waals surface area contributed by atoms with Crippen LogP contribution in [-0.2, 0) is 0 Å².